The summed E-state index contributed by atoms with van der Waals surface area (Å²) in [6.07, 6.45) is 0. The molecule has 80 valence electrons. The highest BCUT2D eigenvalue weighted by atomic mass is 35.7. The number of hydrogen-bond donors (Lipinski definition) is 0. The van der Waals surface area contributed by atoms with Crippen molar-refractivity contribution in [2.75, 3.05) is 0 Å². The van der Waals surface area contributed by atoms with Gasteiger partial charge in [0.05, 0.1) is 0 Å². The van der Waals surface area contributed by atoms with E-state index in [0.717, 1.165) is 30.2 Å². The third kappa shape index (κ3) is 5.68. The SMILES string of the molecule is CC[Si](Cl)(Cl)CC[Si](Cl)(CC)CC. The minimum Gasteiger partial charge on any atom is -0.167 e. The van der Waals surface area contributed by atoms with E-state index in [1.165, 1.54) is 0 Å². The molecule has 0 bridgehead atoms. The van der Waals surface area contributed by atoms with E-state index in [-0.39, 0.29) is 0 Å². The summed E-state index contributed by atoms with van der Waals surface area (Å²) in [5, 5.41) is 0. The third-order valence-corrected chi connectivity index (χ3v) is 13.8. The quantitative estimate of drug-likeness (QED) is 0.465. The fraction of sp³-hybridized carbons (Fsp3) is 1.00. The van der Waals surface area contributed by atoms with Gasteiger partial charge in [0.2, 0.25) is 0 Å². The molecule has 13 heavy (non-hydrogen) atoms. The van der Waals surface area contributed by atoms with Crippen LogP contribution in [-0.4, -0.2) is 14.1 Å². The predicted octanol–water partition coefficient (Wildman–Crippen LogP) is 5.15. The molecule has 0 fully saturated rings. The molecule has 0 aliphatic heterocycles. The van der Waals surface area contributed by atoms with Crippen molar-refractivity contribution in [1.82, 2.24) is 0 Å². The molecule has 0 rings (SSSR count). The Labute approximate surface area is 98.1 Å². The largest absolute Gasteiger partial charge is 0.250 e. The highest BCUT2D eigenvalue weighted by Crippen LogP contribution is 2.34. The van der Waals surface area contributed by atoms with Crippen LogP contribution in [0.25, 0.3) is 0 Å². The molecule has 0 aliphatic carbocycles. The van der Waals surface area contributed by atoms with Crippen molar-refractivity contribution in [2.24, 2.45) is 0 Å². The van der Waals surface area contributed by atoms with Gasteiger partial charge in [0.25, 0.3) is 6.69 Å². The lowest BCUT2D eigenvalue weighted by Gasteiger charge is -2.24. The van der Waals surface area contributed by atoms with Gasteiger partial charge in [0.1, 0.15) is 0 Å². The van der Waals surface area contributed by atoms with E-state index < -0.39 is 14.1 Å². The first kappa shape index (κ1) is 14.3. The minimum absolute atomic E-state index is 0.935. The summed E-state index contributed by atoms with van der Waals surface area (Å²) >= 11 is 18.9. The van der Waals surface area contributed by atoms with Crippen LogP contribution in [-0.2, 0) is 0 Å². The molecule has 0 saturated heterocycles. The number of halogens is 3. The molecule has 0 saturated carbocycles. The van der Waals surface area contributed by atoms with E-state index >= 15 is 0 Å². The Morgan fingerprint density at radius 1 is 0.769 bits per heavy atom. The van der Waals surface area contributed by atoms with Crippen molar-refractivity contribution in [3.8, 4) is 0 Å². The van der Waals surface area contributed by atoms with Crippen molar-refractivity contribution in [3.63, 3.8) is 0 Å². The molecule has 0 heterocycles. The van der Waals surface area contributed by atoms with Crippen molar-refractivity contribution in [1.29, 1.82) is 0 Å². The Bertz CT molecular complexity index is 146. The summed E-state index contributed by atoms with van der Waals surface area (Å²) in [6, 6.07) is 5.27. The lowest BCUT2D eigenvalue weighted by molar-refractivity contribution is 1.20. The van der Waals surface area contributed by atoms with Gasteiger partial charge in [0.15, 0.2) is 7.38 Å². The molecule has 0 unspecified atom stereocenters. The van der Waals surface area contributed by atoms with Crippen molar-refractivity contribution >= 4 is 47.3 Å². The molecule has 5 heteroatoms. The average molecular weight is 278 g/mol. The van der Waals surface area contributed by atoms with Gasteiger partial charge in [-0.3, -0.25) is 0 Å². The van der Waals surface area contributed by atoms with Crippen LogP contribution < -0.4 is 0 Å². The summed E-state index contributed by atoms with van der Waals surface area (Å²) in [5.41, 5.74) is 0. The molecule has 0 atom stereocenters. The standard InChI is InChI=1S/C8H19Cl3Si2/c1-4-12(9,5-2)7-8-13(10,11)6-3/h4-8H2,1-3H3. The van der Waals surface area contributed by atoms with E-state index in [1.54, 1.807) is 0 Å². The third-order valence-electron chi connectivity index (χ3n) is 2.72. The Kier molecular flexibility index (Phi) is 6.61. The highest BCUT2D eigenvalue weighted by molar-refractivity contribution is 7.45. The molecule has 0 aliphatic rings. The Balaban J connectivity index is 3.99. The van der Waals surface area contributed by atoms with Gasteiger partial charge in [-0.05, 0) is 30.2 Å². The van der Waals surface area contributed by atoms with Crippen molar-refractivity contribution < 1.29 is 0 Å². The van der Waals surface area contributed by atoms with Gasteiger partial charge in [-0.15, -0.1) is 22.2 Å². The zero-order chi connectivity index (χ0) is 10.5. The Hall–Kier alpha value is 1.30. The van der Waals surface area contributed by atoms with Crippen LogP contribution in [0, 0.1) is 0 Å². The summed E-state index contributed by atoms with van der Waals surface area (Å²) in [6.45, 7) is 4.51. The Morgan fingerprint density at radius 3 is 1.54 bits per heavy atom. The van der Waals surface area contributed by atoms with Crippen molar-refractivity contribution in [2.45, 2.75) is 51.0 Å². The summed E-state index contributed by atoms with van der Waals surface area (Å²) in [4.78, 5) is 0. The predicted molar refractivity (Wildman–Crippen MR) is 70.1 cm³/mol. The maximum absolute atomic E-state index is 6.52. The van der Waals surface area contributed by atoms with Gasteiger partial charge >= 0.3 is 0 Å². The second kappa shape index (κ2) is 6.01. The molecule has 0 amide bonds. The molecule has 0 aromatic carbocycles. The fourth-order valence-corrected chi connectivity index (χ4v) is 8.55. The van der Waals surface area contributed by atoms with Crippen LogP contribution in [0.4, 0.5) is 0 Å². The van der Waals surface area contributed by atoms with Gasteiger partial charge in [-0.2, -0.15) is 11.1 Å². The first-order valence-corrected chi connectivity index (χ1v) is 13.0. The van der Waals surface area contributed by atoms with Crippen LogP contribution in [0.1, 0.15) is 20.8 Å². The van der Waals surface area contributed by atoms with E-state index in [1.807, 2.05) is 0 Å². The van der Waals surface area contributed by atoms with Gasteiger partial charge in [-0.1, -0.05) is 20.8 Å². The second-order valence-electron chi connectivity index (χ2n) is 3.57. The van der Waals surface area contributed by atoms with E-state index in [4.69, 9.17) is 33.2 Å². The summed E-state index contributed by atoms with van der Waals surface area (Å²) in [5.74, 6) is 0. The average Bonchev–Trinajstić information content (AvgIpc) is 2.14. The first-order chi connectivity index (χ1) is 5.89. The number of hydrogen-bond acceptors (Lipinski definition) is 0. The maximum Gasteiger partial charge on any atom is 0.250 e. The molecule has 0 spiro atoms. The first-order valence-electron chi connectivity index (χ1n) is 4.96. The molecule has 0 aromatic heterocycles. The van der Waals surface area contributed by atoms with Crippen LogP contribution in [0.15, 0.2) is 0 Å². The molecular weight excluding hydrogens is 259 g/mol. The van der Waals surface area contributed by atoms with Crippen LogP contribution in [0.2, 0.25) is 30.2 Å². The molecular formula is C8H19Cl3Si2. The van der Waals surface area contributed by atoms with Gasteiger partial charge in [0, 0.05) is 0 Å². The molecule has 0 N–H and O–H groups in total. The normalized spacial score (nSPS) is 13.4. The minimum atomic E-state index is -1.92. The topological polar surface area (TPSA) is 0 Å². The van der Waals surface area contributed by atoms with E-state index in [0.29, 0.717) is 0 Å². The molecule has 0 radical (unpaired) electrons. The van der Waals surface area contributed by atoms with E-state index in [2.05, 4.69) is 20.8 Å². The number of rotatable bonds is 6. The van der Waals surface area contributed by atoms with E-state index in [9.17, 15) is 0 Å². The molecule has 0 nitrogen and oxygen atoms in total. The smallest absolute Gasteiger partial charge is 0.167 e. The summed E-state index contributed by atoms with van der Waals surface area (Å²) in [7, 11) is -1.49. The molecule has 0 aromatic rings. The van der Waals surface area contributed by atoms with Crippen LogP contribution in [0.5, 0.6) is 0 Å². The Morgan fingerprint density at radius 2 is 1.23 bits per heavy atom. The lowest BCUT2D eigenvalue weighted by Crippen LogP contribution is -2.28. The summed E-state index contributed by atoms with van der Waals surface area (Å²) < 4.78 is 0. The van der Waals surface area contributed by atoms with Crippen molar-refractivity contribution in [3.05, 3.63) is 0 Å². The van der Waals surface area contributed by atoms with Gasteiger partial charge in [-0.25, -0.2) is 0 Å². The van der Waals surface area contributed by atoms with Crippen LogP contribution >= 0.6 is 33.2 Å². The highest BCUT2D eigenvalue weighted by Gasteiger charge is 2.33. The zero-order valence-electron chi connectivity index (χ0n) is 8.67. The fourth-order valence-electron chi connectivity index (χ4n) is 1.19. The zero-order valence-corrected chi connectivity index (χ0v) is 12.9. The monoisotopic (exact) mass is 276 g/mol. The second-order valence-corrected chi connectivity index (χ2v) is 18.0. The van der Waals surface area contributed by atoms with Gasteiger partial charge < -0.3 is 0 Å². The van der Waals surface area contributed by atoms with Crippen LogP contribution in [0.3, 0.4) is 0 Å². The lowest BCUT2D eigenvalue weighted by atomic mass is 10.9. The maximum atomic E-state index is 6.52.